The molecule has 29 heavy (non-hydrogen) atoms. The number of ether oxygens (including phenoxy) is 1. The van der Waals surface area contributed by atoms with Gasteiger partial charge in [-0.15, -0.1) is 16.8 Å². The number of anilines is 1. The monoisotopic (exact) mass is 427 g/mol. The van der Waals surface area contributed by atoms with E-state index in [2.05, 4.69) is 53.3 Å². The van der Waals surface area contributed by atoms with E-state index in [0.717, 1.165) is 20.6 Å². The van der Waals surface area contributed by atoms with Crippen LogP contribution in [0.4, 0.5) is 5.13 Å². The summed E-state index contributed by atoms with van der Waals surface area (Å²) in [6.45, 7) is 6.63. The minimum absolute atomic E-state index is 0.215. The highest BCUT2D eigenvalue weighted by Crippen LogP contribution is 2.29. The number of benzene rings is 2. The summed E-state index contributed by atoms with van der Waals surface area (Å²) in [5.74, 6) is 0.491. The van der Waals surface area contributed by atoms with Crippen LogP contribution in [-0.4, -0.2) is 40.3 Å². The number of rotatable bonds is 11. The maximum absolute atomic E-state index is 10.5. The van der Waals surface area contributed by atoms with Gasteiger partial charge in [0.25, 0.3) is 0 Å². The number of hydrogen-bond donors (Lipinski definition) is 2. The summed E-state index contributed by atoms with van der Waals surface area (Å²) in [4.78, 5) is 0. The van der Waals surface area contributed by atoms with Crippen molar-refractivity contribution in [2.45, 2.75) is 23.5 Å². The van der Waals surface area contributed by atoms with Gasteiger partial charge in [0.1, 0.15) is 6.10 Å². The van der Waals surface area contributed by atoms with Gasteiger partial charge in [0.15, 0.2) is 4.34 Å². The molecule has 1 heterocycles. The van der Waals surface area contributed by atoms with Gasteiger partial charge in [0.2, 0.25) is 5.13 Å². The van der Waals surface area contributed by atoms with Crippen molar-refractivity contribution in [3.63, 3.8) is 0 Å². The van der Waals surface area contributed by atoms with E-state index in [9.17, 15) is 5.11 Å². The Morgan fingerprint density at radius 3 is 2.69 bits per heavy atom. The summed E-state index contributed by atoms with van der Waals surface area (Å²) >= 11 is 2.94. The lowest BCUT2D eigenvalue weighted by Gasteiger charge is -2.22. The van der Waals surface area contributed by atoms with Crippen LogP contribution < -0.4 is 5.32 Å². The fourth-order valence-electron chi connectivity index (χ4n) is 2.80. The minimum Gasteiger partial charge on any atom is -0.390 e. The van der Waals surface area contributed by atoms with Crippen LogP contribution in [0.2, 0.25) is 0 Å². The number of aliphatic hydroxyl groups is 1. The van der Waals surface area contributed by atoms with Gasteiger partial charge in [-0.1, -0.05) is 83.8 Å². The van der Waals surface area contributed by atoms with Crippen LogP contribution in [0, 0.1) is 6.92 Å². The predicted molar refractivity (Wildman–Crippen MR) is 121 cm³/mol. The molecular formula is C22H25N3O2S2. The van der Waals surface area contributed by atoms with Gasteiger partial charge in [0, 0.05) is 12.3 Å². The van der Waals surface area contributed by atoms with Crippen LogP contribution in [0.1, 0.15) is 22.8 Å². The Morgan fingerprint density at radius 2 is 1.93 bits per heavy atom. The quantitative estimate of drug-likeness (QED) is 0.341. The number of aromatic nitrogens is 2. The summed E-state index contributed by atoms with van der Waals surface area (Å²) < 4.78 is 7.00. The van der Waals surface area contributed by atoms with Crippen molar-refractivity contribution in [1.29, 1.82) is 0 Å². The number of thioether (sulfide) groups is 1. The first-order valence-corrected chi connectivity index (χ1v) is 11.2. The van der Waals surface area contributed by atoms with E-state index in [1.165, 1.54) is 28.7 Å². The summed E-state index contributed by atoms with van der Waals surface area (Å²) in [5, 5.41) is 22.5. The number of aryl methyl sites for hydroxylation is 1. The van der Waals surface area contributed by atoms with E-state index < -0.39 is 6.10 Å². The Balaban J connectivity index is 1.58. The van der Waals surface area contributed by atoms with Gasteiger partial charge in [0.05, 0.1) is 12.7 Å². The molecule has 0 aliphatic rings. The molecule has 0 amide bonds. The first-order valence-electron chi connectivity index (χ1n) is 9.38. The van der Waals surface area contributed by atoms with Crippen LogP contribution >= 0.6 is 23.1 Å². The molecule has 0 aliphatic heterocycles. The third-order valence-corrected chi connectivity index (χ3v) is 6.39. The molecule has 0 saturated carbocycles. The Bertz CT molecular complexity index is 902. The molecule has 152 valence electrons. The van der Waals surface area contributed by atoms with Gasteiger partial charge in [-0.05, 0) is 23.6 Å². The predicted octanol–water partition coefficient (Wildman–Crippen LogP) is 4.70. The van der Waals surface area contributed by atoms with E-state index in [4.69, 9.17) is 4.74 Å². The fraction of sp³-hybridized carbons (Fsp3) is 0.273. The molecule has 1 aromatic heterocycles. The molecule has 2 unspecified atom stereocenters. The molecule has 0 bridgehead atoms. The van der Waals surface area contributed by atoms with Crippen molar-refractivity contribution < 1.29 is 9.84 Å². The molecule has 0 radical (unpaired) electrons. The lowest BCUT2D eigenvalue weighted by molar-refractivity contribution is 0.0153. The zero-order valence-corrected chi connectivity index (χ0v) is 18.0. The third-order valence-electron chi connectivity index (χ3n) is 4.23. The Labute approximate surface area is 179 Å². The second kappa shape index (κ2) is 11.1. The topological polar surface area (TPSA) is 67.3 Å². The summed E-state index contributed by atoms with van der Waals surface area (Å²) in [6.07, 6.45) is 0.949. The Morgan fingerprint density at radius 1 is 1.17 bits per heavy atom. The number of nitrogens with zero attached hydrogens (tertiary/aromatic N) is 2. The van der Waals surface area contributed by atoms with Crippen molar-refractivity contribution in [2.75, 3.05) is 24.2 Å². The summed E-state index contributed by atoms with van der Waals surface area (Å²) in [5.41, 5.74) is 3.35. The van der Waals surface area contributed by atoms with Gasteiger partial charge >= 0.3 is 0 Å². The third kappa shape index (κ3) is 6.40. The van der Waals surface area contributed by atoms with E-state index in [1.807, 2.05) is 30.3 Å². The normalized spacial score (nSPS) is 13.0. The molecule has 2 aromatic carbocycles. The molecule has 0 fully saturated rings. The standard InChI is InChI=1S/C22H25N3O2S2/c1-3-13-23-21-24-25-22(29-21)28-15-18(26)14-27-20(17-10-5-4-6-11-17)19-12-8-7-9-16(19)2/h3-12,18,20,26H,1,13-15H2,2H3,(H,23,24). The van der Waals surface area contributed by atoms with Crippen LogP contribution in [0.25, 0.3) is 0 Å². The first-order chi connectivity index (χ1) is 14.2. The van der Waals surface area contributed by atoms with E-state index in [0.29, 0.717) is 12.3 Å². The summed E-state index contributed by atoms with van der Waals surface area (Å²) in [6, 6.07) is 18.3. The average Bonchev–Trinajstić information content (AvgIpc) is 3.21. The molecule has 0 saturated heterocycles. The molecule has 2 N–H and O–H groups in total. The molecule has 7 heteroatoms. The van der Waals surface area contributed by atoms with E-state index in [-0.39, 0.29) is 12.7 Å². The largest absolute Gasteiger partial charge is 0.390 e. The number of hydrogen-bond acceptors (Lipinski definition) is 7. The number of aliphatic hydroxyl groups excluding tert-OH is 1. The van der Waals surface area contributed by atoms with Crippen LogP contribution in [0.5, 0.6) is 0 Å². The van der Waals surface area contributed by atoms with Gasteiger partial charge in [-0.25, -0.2) is 0 Å². The van der Waals surface area contributed by atoms with Crippen molar-refractivity contribution in [3.8, 4) is 0 Å². The van der Waals surface area contributed by atoms with Crippen LogP contribution in [0.15, 0.2) is 71.6 Å². The average molecular weight is 428 g/mol. The van der Waals surface area contributed by atoms with E-state index in [1.54, 1.807) is 6.08 Å². The lowest BCUT2D eigenvalue weighted by Crippen LogP contribution is -2.21. The molecular weight excluding hydrogens is 402 g/mol. The van der Waals surface area contributed by atoms with Crippen molar-refractivity contribution in [1.82, 2.24) is 10.2 Å². The van der Waals surface area contributed by atoms with Gasteiger partial charge in [-0.3, -0.25) is 0 Å². The zero-order chi connectivity index (χ0) is 20.5. The van der Waals surface area contributed by atoms with Gasteiger partial charge < -0.3 is 15.2 Å². The van der Waals surface area contributed by atoms with Crippen molar-refractivity contribution >= 4 is 28.2 Å². The molecule has 2 atom stereocenters. The van der Waals surface area contributed by atoms with E-state index >= 15 is 0 Å². The second-order valence-electron chi connectivity index (χ2n) is 6.49. The number of nitrogens with one attached hydrogen (secondary N) is 1. The molecule has 5 nitrogen and oxygen atoms in total. The molecule has 3 rings (SSSR count). The first kappa shape index (κ1) is 21.5. The van der Waals surface area contributed by atoms with Crippen molar-refractivity contribution in [2.24, 2.45) is 0 Å². The smallest absolute Gasteiger partial charge is 0.206 e. The minimum atomic E-state index is -0.608. The lowest BCUT2D eigenvalue weighted by atomic mass is 9.97. The Kier molecular flexibility index (Phi) is 8.25. The zero-order valence-electron chi connectivity index (χ0n) is 16.3. The van der Waals surface area contributed by atoms with Crippen molar-refractivity contribution in [3.05, 3.63) is 83.9 Å². The van der Waals surface area contributed by atoms with Crippen LogP contribution in [0.3, 0.4) is 0 Å². The molecule has 0 spiro atoms. The highest BCUT2D eigenvalue weighted by atomic mass is 32.2. The Hall–Kier alpha value is -2.19. The fourth-order valence-corrected chi connectivity index (χ4v) is 4.49. The maximum Gasteiger partial charge on any atom is 0.206 e. The van der Waals surface area contributed by atoms with Gasteiger partial charge in [-0.2, -0.15) is 0 Å². The summed E-state index contributed by atoms with van der Waals surface area (Å²) in [7, 11) is 0. The second-order valence-corrected chi connectivity index (χ2v) is 8.73. The highest BCUT2D eigenvalue weighted by molar-refractivity contribution is 8.01. The molecule has 0 aliphatic carbocycles. The maximum atomic E-state index is 10.5. The highest BCUT2D eigenvalue weighted by Gasteiger charge is 2.19. The van der Waals surface area contributed by atoms with Crippen LogP contribution in [-0.2, 0) is 4.74 Å². The molecule has 3 aromatic rings. The SMILES string of the molecule is C=CCNc1nnc(SCC(O)COC(c2ccccc2)c2ccccc2C)s1.